The Balaban J connectivity index is 2.42. The maximum Gasteiger partial charge on any atom is 0.244 e. The van der Waals surface area contributed by atoms with E-state index < -0.39 is 22.0 Å². The van der Waals surface area contributed by atoms with E-state index in [1.54, 1.807) is 24.3 Å². The number of rotatable bonds is 10. The molecule has 0 aliphatic carbocycles. The van der Waals surface area contributed by atoms with Crippen LogP contribution in [-0.4, -0.2) is 50.5 Å². The first kappa shape index (κ1) is 26.1. The second-order valence-corrected chi connectivity index (χ2v) is 10.7. The minimum atomic E-state index is -3.72. The minimum absolute atomic E-state index is 0.209. The molecule has 0 aromatic heterocycles. The third kappa shape index (κ3) is 7.19. The molecule has 1 atom stereocenters. The van der Waals surface area contributed by atoms with Gasteiger partial charge in [0.2, 0.25) is 21.8 Å². The van der Waals surface area contributed by atoms with Crippen molar-refractivity contribution >= 4 is 50.1 Å². The smallest absolute Gasteiger partial charge is 0.244 e. The summed E-state index contributed by atoms with van der Waals surface area (Å²) in [5.74, 6) is -0.690. The third-order valence-corrected chi connectivity index (χ3v) is 6.83. The molecule has 9 heteroatoms. The molecular formula is C23H30IN3O4S. The van der Waals surface area contributed by atoms with Gasteiger partial charge < -0.3 is 10.2 Å². The van der Waals surface area contributed by atoms with E-state index in [2.05, 4.69) is 27.9 Å². The molecule has 2 amide bonds. The number of benzene rings is 2. The number of nitrogens with one attached hydrogen (secondary N) is 1. The van der Waals surface area contributed by atoms with Crippen molar-refractivity contribution in [2.45, 2.75) is 39.8 Å². The highest BCUT2D eigenvalue weighted by atomic mass is 127. The number of hydrogen-bond donors (Lipinski definition) is 1. The van der Waals surface area contributed by atoms with E-state index in [4.69, 9.17) is 0 Å². The zero-order valence-electron chi connectivity index (χ0n) is 18.8. The predicted molar refractivity (Wildman–Crippen MR) is 136 cm³/mol. The summed E-state index contributed by atoms with van der Waals surface area (Å²) in [6.45, 7) is 5.88. The minimum Gasteiger partial charge on any atom is -0.355 e. The molecule has 0 aliphatic heterocycles. The van der Waals surface area contributed by atoms with E-state index in [1.165, 1.54) is 4.90 Å². The van der Waals surface area contributed by atoms with Crippen molar-refractivity contribution in [1.29, 1.82) is 0 Å². The molecule has 174 valence electrons. The normalized spacial score (nSPS) is 12.2. The Morgan fingerprint density at radius 3 is 2.28 bits per heavy atom. The second kappa shape index (κ2) is 11.6. The monoisotopic (exact) mass is 571 g/mol. The molecular weight excluding hydrogens is 541 g/mol. The molecule has 0 saturated carbocycles. The lowest BCUT2D eigenvalue weighted by atomic mass is 10.1. The summed E-state index contributed by atoms with van der Waals surface area (Å²) in [6.07, 6.45) is 1.48. The summed E-state index contributed by atoms with van der Waals surface area (Å²) in [4.78, 5) is 27.7. The van der Waals surface area contributed by atoms with E-state index in [9.17, 15) is 18.0 Å². The first-order valence-corrected chi connectivity index (χ1v) is 13.4. The van der Waals surface area contributed by atoms with Gasteiger partial charge in [0.1, 0.15) is 12.6 Å². The maximum absolute atomic E-state index is 13.5. The van der Waals surface area contributed by atoms with Crippen molar-refractivity contribution in [2.24, 2.45) is 0 Å². The molecule has 2 rings (SSSR count). The lowest BCUT2D eigenvalue weighted by molar-refractivity contribution is -0.140. The summed E-state index contributed by atoms with van der Waals surface area (Å²) in [7, 11) is -3.72. The fourth-order valence-electron chi connectivity index (χ4n) is 3.44. The van der Waals surface area contributed by atoms with Crippen molar-refractivity contribution in [3.63, 3.8) is 0 Å². The number of amides is 2. The molecule has 1 N–H and O–H groups in total. The van der Waals surface area contributed by atoms with E-state index in [-0.39, 0.29) is 19.0 Å². The van der Waals surface area contributed by atoms with Gasteiger partial charge in [-0.1, -0.05) is 36.8 Å². The van der Waals surface area contributed by atoms with Gasteiger partial charge in [0, 0.05) is 16.7 Å². The fourth-order valence-corrected chi connectivity index (χ4v) is 4.65. The Bertz CT molecular complexity index is 1040. The van der Waals surface area contributed by atoms with Gasteiger partial charge in [-0.3, -0.25) is 13.9 Å². The second-order valence-electron chi connectivity index (χ2n) is 7.58. The van der Waals surface area contributed by atoms with Gasteiger partial charge in [0.25, 0.3) is 0 Å². The third-order valence-electron chi connectivity index (χ3n) is 4.97. The lowest BCUT2D eigenvalue weighted by Crippen LogP contribution is -2.52. The van der Waals surface area contributed by atoms with Crippen molar-refractivity contribution in [3.05, 3.63) is 63.2 Å². The molecule has 2 aromatic carbocycles. The SMILES string of the molecule is CCNC(=O)[C@@H](CC)N(Cc1cccc(C)c1)C(=O)CN(c1ccc(I)cc1)S(C)(=O)=O. The maximum atomic E-state index is 13.5. The Labute approximate surface area is 204 Å². The highest BCUT2D eigenvalue weighted by Gasteiger charge is 2.31. The molecule has 7 nitrogen and oxygen atoms in total. The summed E-state index contributed by atoms with van der Waals surface area (Å²) in [5, 5.41) is 2.79. The van der Waals surface area contributed by atoms with Gasteiger partial charge in [-0.15, -0.1) is 0 Å². The molecule has 0 fully saturated rings. The van der Waals surface area contributed by atoms with E-state index in [0.717, 1.165) is 25.3 Å². The van der Waals surface area contributed by atoms with Crippen LogP contribution in [0.15, 0.2) is 48.5 Å². The Morgan fingerprint density at radius 1 is 1.09 bits per heavy atom. The highest BCUT2D eigenvalue weighted by Crippen LogP contribution is 2.21. The Hall–Kier alpha value is -2.14. The number of hydrogen-bond acceptors (Lipinski definition) is 4. The summed E-state index contributed by atoms with van der Waals surface area (Å²) in [6, 6.07) is 13.9. The summed E-state index contributed by atoms with van der Waals surface area (Å²) < 4.78 is 27.1. The molecule has 0 radical (unpaired) electrons. The largest absolute Gasteiger partial charge is 0.355 e. The average molecular weight is 571 g/mol. The molecule has 0 unspecified atom stereocenters. The van der Waals surface area contributed by atoms with Crippen LogP contribution in [0.5, 0.6) is 0 Å². The van der Waals surface area contributed by atoms with Gasteiger partial charge in [0.15, 0.2) is 0 Å². The van der Waals surface area contributed by atoms with Crippen LogP contribution in [0.4, 0.5) is 5.69 Å². The topological polar surface area (TPSA) is 86.8 Å². The van der Waals surface area contributed by atoms with Crippen LogP contribution in [-0.2, 0) is 26.2 Å². The number of carbonyl (C=O) groups is 2. The molecule has 0 aliphatic rings. The molecule has 32 heavy (non-hydrogen) atoms. The zero-order chi connectivity index (χ0) is 23.9. The summed E-state index contributed by atoms with van der Waals surface area (Å²) >= 11 is 2.13. The first-order valence-electron chi connectivity index (χ1n) is 10.4. The number of anilines is 1. The van der Waals surface area contributed by atoms with Crippen molar-refractivity contribution in [3.8, 4) is 0 Å². The Morgan fingerprint density at radius 2 is 1.75 bits per heavy atom. The van der Waals surface area contributed by atoms with Crippen LogP contribution < -0.4 is 9.62 Å². The van der Waals surface area contributed by atoms with Gasteiger partial charge in [-0.05, 0) is 72.7 Å². The standard InChI is InChI=1S/C23H30IN3O4S/c1-5-21(23(29)25-6-2)26(15-18-9-7-8-17(3)14-18)22(28)16-27(32(4,30)31)20-12-10-19(24)11-13-20/h7-14,21H,5-6,15-16H2,1-4H3,(H,25,29)/t21-/m1/s1. The predicted octanol–water partition coefficient (Wildman–Crippen LogP) is 3.31. The molecule has 0 spiro atoms. The van der Waals surface area contributed by atoms with Gasteiger partial charge >= 0.3 is 0 Å². The van der Waals surface area contributed by atoms with Crippen molar-refractivity contribution in [2.75, 3.05) is 23.7 Å². The quantitative estimate of drug-likeness (QED) is 0.444. The molecule has 0 heterocycles. The molecule has 0 saturated heterocycles. The fraction of sp³-hybridized carbons (Fsp3) is 0.391. The van der Waals surface area contributed by atoms with Crippen molar-refractivity contribution in [1.82, 2.24) is 10.2 Å². The lowest BCUT2D eigenvalue weighted by Gasteiger charge is -2.32. The number of nitrogens with zero attached hydrogens (tertiary/aromatic N) is 2. The number of carbonyl (C=O) groups excluding carboxylic acids is 2. The van der Waals surface area contributed by atoms with Crippen molar-refractivity contribution < 1.29 is 18.0 Å². The van der Waals surface area contributed by atoms with Crippen LogP contribution in [0.2, 0.25) is 0 Å². The molecule has 0 bridgehead atoms. The van der Waals surface area contributed by atoms with Crippen LogP contribution in [0, 0.1) is 10.5 Å². The van der Waals surface area contributed by atoms with E-state index in [0.29, 0.717) is 18.7 Å². The number of halogens is 1. The van der Waals surface area contributed by atoms with Crippen LogP contribution in [0.1, 0.15) is 31.4 Å². The number of likely N-dealkylation sites (N-methyl/N-ethyl adjacent to an activating group) is 1. The highest BCUT2D eigenvalue weighted by molar-refractivity contribution is 14.1. The van der Waals surface area contributed by atoms with Gasteiger partial charge in [0.05, 0.1) is 11.9 Å². The van der Waals surface area contributed by atoms with Gasteiger partial charge in [-0.25, -0.2) is 8.42 Å². The van der Waals surface area contributed by atoms with Crippen LogP contribution in [0.25, 0.3) is 0 Å². The van der Waals surface area contributed by atoms with E-state index >= 15 is 0 Å². The number of sulfonamides is 1. The number of aryl methyl sites for hydroxylation is 1. The van der Waals surface area contributed by atoms with E-state index in [1.807, 2.05) is 45.0 Å². The summed E-state index contributed by atoms with van der Waals surface area (Å²) in [5.41, 5.74) is 2.32. The molecule has 2 aromatic rings. The first-order chi connectivity index (χ1) is 15.1. The zero-order valence-corrected chi connectivity index (χ0v) is 21.8. The Kier molecular flexibility index (Phi) is 9.50. The van der Waals surface area contributed by atoms with Crippen LogP contribution >= 0.6 is 22.6 Å². The van der Waals surface area contributed by atoms with Crippen LogP contribution in [0.3, 0.4) is 0 Å². The average Bonchev–Trinajstić information content (AvgIpc) is 2.72. The van der Waals surface area contributed by atoms with Gasteiger partial charge in [-0.2, -0.15) is 0 Å².